The molecule has 3 aromatic rings. The number of aromatic nitrogens is 5. The topological polar surface area (TPSA) is 60.9 Å². The average Bonchev–Trinajstić information content (AvgIpc) is 3.06. The van der Waals surface area contributed by atoms with Gasteiger partial charge in [0.05, 0.1) is 16.4 Å². The van der Waals surface area contributed by atoms with Crippen LogP contribution in [0.1, 0.15) is 17.0 Å². The molecule has 0 N–H and O–H groups in total. The maximum atomic E-state index is 13.2. The second-order valence-electron chi connectivity index (χ2n) is 4.73. The highest BCUT2D eigenvalue weighted by Crippen LogP contribution is 2.16. The monoisotopic (exact) mass is 362 g/mol. The molecule has 112 valence electrons. The van der Waals surface area contributed by atoms with Gasteiger partial charge in [-0.05, 0) is 53.5 Å². The molecule has 0 saturated carbocycles. The highest BCUT2D eigenvalue weighted by Gasteiger charge is 2.10. The zero-order valence-electron chi connectivity index (χ0n) is 11.9. The summed E-state index contributed by atoms with van der Waals surface area (Å²) < 4.78 is 16.8. The summed E-state index contributed by atoms with van der Waals surface area (Å²) in [5, 5.41) is 16.5. The van der Waals surface area contributed by atoms with Gasteiger partial charge >= 0.3 is 0 Å². The Kier molecular flexibility index (Phi) is 3.84. The third kappa shape index (κ3) is 2.82. The van der Waals surface area contributed by atoms with Crippen LogP contribution in [0.4, 0.5) is 4.39 Å². The first kappa shape index (κ1) is 14.6. The molecule has 0 unspecified atom stereocenters. The van der Waals surface area contributed by atoms with Crippen LogP contribution in [0.5, 0.6) is 0 Å². The van der Waals surface area contributed by atoms with Crippen LogP contribution in [0.25, 0.3) is 5.95 Å². The molecule has 0 fully saturated rings. The van der Waals surface area contributed by atoms with E-state index in [9.17, 15) is 4.39 Å². The molecule has 0 amide bonds. The van der Waals surface area contributed by atoms with E-state index in [1.807, 2.05) is 19.9 Å². The third-order valence-corrected chi connectivity index (χ3v) is 3.59. The van der Waals surface area contributed by atoms with Crippen LogP contribution in [0.3, 0.4) is 0 Å². The van der Waals surface area contributed by atoms with E-state index in [4.69, 9.17) is 0 Å². The predicted octanol–water partition coefficient (Wildman–Crippen LogP) is 2.86. The Morgan fingerprint density at radius 3 is 2.77 bits per heavy atom. The Balaban J connectivity index is 1.94. The summed E-state index contributed by atoms with van der Waals surface area (Å²) in [5.74, 6) is 0.174. The standard InChI is InChI=1S/C14H12BrFN6/c1-9-5-10(2)22(20-9)14-19-17-8-21(14)18-7-11-3-4-13(16)12(15)6-11/h3-8H,1-2H3. The van der Waals surface area contributed by atoms with Gasteiger partial charge in [-0.15, -0.1) is 10.2 Å². The van der Waals surface area contributed by atoms with Crippen LogP contribution >= 0.6 is 15.9 Å². The SMILES string of the molecule is Cc1cc(C)n(-c2nncn2N=Cc2ccc(F)c(Br)c2)n1. The van der Waals surface area contributed by atoms with Gasteiger partial charge in [0.25, 0.3) is 5.95 Å². The lowest BCUT2D eigenvalue weighted by Gasteiger charge is -2.02. The number of hydrogen-bond donors (Lipinski definition) is 0. The molecule has 2 heterocycles. The summed E-state index contributed by atoms with van der Waals surface area (Å²) in [7, 11) is 0. The number of aryl methyl sites for hydroxylation is 2. The Labute approximate surface area is 134 Å². The van der Waals surface area contributed by atoms with Crippen molar-refractivity contribution in [3.8, 4) is 5.95 Å². The highest BCUT2D eigenvalue weighted by molar-refractivity contribution is 9.10. The van der Waals surface area contributed by atoms with Crippen molar-refractivity contribution in [2.75, 3.05) is 0 Å². The second kappa shape index (κ2) is 5.80. The third-order valence-electron chi connectivity index (χ3n) is 2.99. The normalized spacial score (nSPS) is 11.5. The number of rotatable bonds is 3. The van der Waals surface area contributed by atoms with Gasteiger partial charge in [0.1, 0.15) is 12.1 Å². The van der Waals surface area contributed by atoms with Gasteiger partial charge in [-0.25, -0.2) is 9.07 Å². The minimum Gasteiger partial charge on any atom is -0.206 e. The van der Waals surface area contributed by atoms with E-state index in [0.717, 1.165) is 17.0 Å². The van der Waals surface area contributed by atoms with Crippen molar-refractivity contribution in [2.45, 2.75) is 13.8 Å². The van der Waals surface area contributed by atoms with E-state index < -0.39 is 0 Å². The fraction of sp³-hybridized carbons (Fsp3) is 0.143. The summed E-state index contributed by atoms with van der Waals surface area (Å²) in [6.45, 7) is 3.84. The van der Waals surface area contributed by atoms with Crippen LogP contribution < -0.4 is 0 Å². The van der Waals surface area contributed by atoms with E-state index in [1.165, 1.54) is 17.1 Å². The summed E-state index contributed by atoms with van der Waals surface area (Å²) in [5.41, 5.74) is 2.58. The summed E-state index contributed by atoms with van der Waals surface area (Å²) in [6.07, 6.45) is 3.09. The van der Waals surface area contributed by atoms with E-state index >= 15 is 0 Å². The van der Waals surface area contributed by atoms with Gasteiger partial charge in [-0.3, -0.25) is 0 Å². The Morgan fingerprint density at radius 1 is 1.27 bits per heavy atom. The van der Waals surface area contributed by atoms with Crippen LogP contribution in [-0.4, -0.2) is 30.9 Å². The van der Waals surface area contributed by atoms with Crippen molar-refractivity contribution in [2.24, 2.45) is 5.10 Å². The minimum absolute atomic E-state index is 0.315. The molecule has 0 spiro atoms. The maximum Gasteiger partial charge on any atom is 0.273 e. The molecular formula is C14H12BrFN6. The molecule has 6 nitrogen and oxygen atoms in total. The molecule has 22 heavy (non-hydrogen) atoms. The van der Waals surface area contributed by atoms with Gasteiger partial charge in [0.2, 0.25) is 0 Å². The van der Waals surface area contributed by atoms with Crippen molar-refractivity contribution in [3.63, 3.8) is 0 Å². The van der Waals surface area contributed by atoms with Crippen LogP contribution in [0, 0.1) is 19.7 Å². The molecule has 0 aliphatic carbocycles. The molecular weight excluding hydrogens is 351 g/mol. The smallest absolute Gasteiger partial charge is 0.206 e. The van der Waals surface area contributed by atoms with Crippen LogP contribution in [0.15, 0.2) is 40.2 Å². The molecule has 0 saturated heterocycles. The van der Waals surface area contributed by atoms with Crippen LogP contribution in [-0.2, 0) is 0 Å². The largest absolute Gasteiger partial charge is 0.273 e. The molecule has 3 rings (SSSR count). The average molecular weight is 363 g/mol. The number of hydrogen-bond acceptors (Lipinski definition) is 4. The first-order chi connectivity index (χ1) is 10.5. The van der Waals surface area contributed by atoms with Crippen molar-refractivity contribution >= 4 is 22.1 Å². The van der Waals surface area contributed by atoms with E-state index in [-0.39, 0.29) is 5.82 Å². The van der Waals surface area contributed by atoms with Gasteiger partial charge in [-0.1, -0.05) is 6.07 Å². The fourth-order valence-corrected chi connectivity index (χ4v) is 2.39. The van der Waals surface area contributed by atoms with Gasteiger partial charge in [-0.2, -0.15) is 14.9 Å². The predicted molar refractivity (Wildman–Crippen MR) is 83.7 cm³/mol. The van der Waals surface area contributed by atoms with Crippen molar-refractivity contribution < 1.29 is 4.39 Å². The number of nitrogens with zero attached hydrogens (tertiary/aromatic N) is 6. The summed E-state index contributed by atoms with van der Waals surface area (Å²) in [4.78, 5) is 0. The lowest BCUT2D eigenvalue weighted by molar-refractivity contribution is 0.621. The molecule has 0 aliphatic rings. The van der Waals surface area contributed by atoms with Crippen LogP contribution in [0.2, 0.25) is 0 Å². The molecule has 8 heteroatoms. The molecule has 1 aromatic carbocycles. The van der Waals surface area contributed by atoms with E-state index in [2.05, 4.69) is 36.3 Å². The first-order valence-electron chi connectivity index (χ1n) is 6.47. The van der Waals surface area contributed by atoms with E-state index in [1.54, 1.807) is 23.0 Å². The zero-order chi connectivity index (χ0) is 15.7. The number of benzene rings is 1. The summed E-state index contributed by atoms with van der Waals surface area (Å²) in [6, 6.07) is 6.60. The lowest BCUT2D eigenvalue weighted by Crippen LogP contribution is -2.06. The van der Waals surface area contributed by atoms with E-state index in [0.29, 0.717) is 10.4 Å². The first-order valence-corrected chi connectivity index (χ1v) is 7.27. The molecule has 0 aliphatic heterocycles. The molecule has 2 aromatic heterocycles. The number of halogens is 2. The van der Waals surface area contributed by atoms with Crippen molar-refractivity contribution in [1.29, 1.82) is 0 Å². The Morgan fingerprint density at radius 2 is 2.09 bits per heavy atom. The quantitative estimate of drug-likeness (QED) is 0.673. The fourth-order valence-electron chi connectivity index (χ4n) is 2.00. The molecule has 0 radical (unpaired) electrons. The second-order valence-corrected chi connectivity index (χ2v) is 5.59. The maximum absolute atomic E-state index is 13.2. The molecule has 0 atom stereocenters. The summed E-state index contributed by atoms with van der Waals surface area (Å²) >= 11 is 3.15. The highest BCUT2D eigenvalue weighted by atomic mass is 79.9. The zero-order valence-corrected chi connectivity index (χ0v) is 13.5. The van der Waals surface area contributed by atoms with Gasteiger partial charge < -0.3 is 0 Å². The minimum atomic E-state index is -0.315. The van der Waals surface area contributed by atoms with Gasteiger partial charge in [0, 0.05) is 5.69 Å². The van der Waals surface area contributed by atoms with Crippen molar-refractivity contribution in [3.05, 3.63) is 57.8 Å². The Hall–Kier alpha value is -2.35. The van der Waals surface area contributed by atoms with Gasteiger partial charge in [0.15, 0.2) is 0 Å². The Bertz CT molecular complexity index is 851. The molecule has 0 bridgehead atoms. The lowest BCUT2D eigenvalue weighted by atomic mass is 10.2. The van der Waals surface area contributed by atoms with Crippen molar-refractivity contribution in [1.82, 2.24) is 24.7 Å².